The highest BCUT2D eigenvalue weighted by atomic mass is 79.9. The molecule has 1 amide bonds. The van der Waals surface area contributed by atoms with Crippen molar-refractivity contribution in [1.29, 1.82) is 0 Å². The van der Waals surface area contributed by atoms with Crippen LogP contribution in [0.5, 0.6) is 11.5 Å². The van der Waals surface area contributed by atoms with E-state index in [2.05, 4.69) is 26.5 Å². The summed E-state index contributed by atoms with van der Waals surface area (Å²) in [5.74, 6) is 0.638. The number of hydrogen-bond acceptors (Lipinski definition) is 6. The molecule has 9 nitrogen and oxygen atoms in total. The van der Waals surface area contributed by atoms with Gasteiger partial charge >= 0.3 is 0 Å². The first-order chi connectivity index (χ1) is 18.0. The second kappa shape index (κ2) is 12.0. The van der Waals surface area contributed by atoms with Crippen molar-refractivity contribution in [1.82, 2.24) is 9.99 Å². The lowest BCUT2D eigenvalue weighted by molar-refractivity contribution is -0.384. The van der Waals surface area contributed by atoms with Crippen LogP contribution < -0.4 is 14.9 Å². The number of nitrogens with zero attached hydrogens (tertiary/aromatic N) is 3. The van der Waals surface area contributed by atoms with E-state index in [4.69, 9.17) is 9.47 Å². The number of rotatable bonds is 10. The van der Waals surface area contributed by atoms with Crippen LogP contribution in [-0.4, -0.2) is 28.2 Å². The summed E-state index contributed by atoms with van der Waals surface area (Å²) in [6, 6.07) is 20.7. The lowest BCUT2D eigenvalue weighted by Crippen LogP contribution is -2.19. The van der Waals surface area contributed by atoms with E-state index in [1.165, 1.54) is 18.3 Å². The Morgan fingerprint density at radius 3 is 2.51 bits per heavy atom. The lowest BCUT2D eigenvalue weighted by Gasteiger charge is -2.14. The van der Waals surface area contributed by atoms with E-state index in [-0.39, 0.29) is 18.2 Å². The highest BCUT2D eigenvalue weighted by molar-refractivity contribution is 9.10. The van der Waals surface area contributed by atoms with Crippen LogP contribution >= 0.6 is 15.9 Å². The molecule has 0 saturated heterocycles. The Morgan fingerprint density at radius 1 is 1.08 bits per heavy atom. The van der Waals surface area contributed by atoms with E-state index >= 15 is 0 Å². The van der Waals surface area contributed by atoms with E-state index < -0.39 is 4.92 Å². The molecule has 1 N–H and O–H groups in total. The Morgan fingerprint density at radius 2 is 1.81 bits per heavy atom. The van der Waals surface area contributed by atoms with Gasteiger partial charge in [-0.1, -0.05) is 12.1 Å². The molecule has 4 aromatic rings. The standard InChI is InChI=1S/C27H23BrN4O5/c1-2-36-25-16-20(15-23(28)26(25)37-18-19-9-11-21(12-10-19)32(34)35)17-29-30-27(33)22-7-3-4-8-24(22)31-13-5-6-14-31/h3-17H,2,18H2,1H3,(H,30,33)/b29-17-. The zero-order chi connectivity index (χ0) is 26.2. The highest BCUT2D eigenvalue weighted by Crippen LogP contribution is 2.37. The normalized spacial score (nSPS) is 10.9. The Kier molecular flexibility index (Phi) is 8.32. The number of nitro benzene ring substituents is 1. The molecule has 37 heavy (non-hydrogen) atoms. The van der Waals surface area contributed by atoms with Gasteiger partial charge < -0.3 is 14.0 Å². The number of hydrogen-bond donors (Lipinski definition) is 1. The number of non-ortho nitro benzene ring substituents is 1. The van der Waals surface area contributed by atoms with Crippen LogP contribution in [0.25, 0.3) is 5.69 Å². The maximum absolute atomic E-state index is 12.8. The van der Waals surface area contributed by atoms with Crippen molar-refractivity contribution in [3.05, 3.63) is 116 Å². The third-order valence-electron chi connectivity index (χ3n) is 5.27. The van der Waals surface area contributed by atoms with Gasteiger partial charge in [-0.2, -0.15) is 5.10 Å². The predicted molar refractivity (Wildman–Crippen MR) is 144 cm³/mol. The number of ether oxygens (including phenoxy) is 2. The largest absolute Gasteiger partial charge is 0.490 e. The van der Waals surface area contributed by atoms with Crippen LogP contribution in [-0.2, 0) is 6.61 Å². The summed E-state index contributed by atoms with van der Waals surface area (Å²) in [6.07, 6.45) is 5.25. The monoisotopic (exact) mass is 562 g/mol. The highest BCUT2D eigenvalue weighted by Gasteiger charge is 2.14. The molecular formula is C27H23BrN4O5. The van der Waals surface area contributed by atoms with Crippen molar-refractivity contribution < 1.29 is 19.2 Å². The average Bonchev–Trinajstić information content (AvgIpc) is 3.44. The van der Waals surface area contributed by atoms with Crippen LogP contribution in [0.15, 0.2) is 94.8 Å². The maximum Gasteiger partial charge on any atom is 0.273 e. The molecule has 0 spiro atoms. The fourth-order valence-electron chi connectivity index (χ4n) is 3.55. The Bertz CT molecular complexity index is 1420. The van der Waals surface area contributed by atoms with Gasteiger partial charge in [0.05, 0.1) is 33.5 Å². The number of benzene rings is 3. The number of aromatic nitrogens is 1. The zero-order valence-corrected chi connectivity index (χ0v) is 21.4. The Hall–Kier alpha value is -4.44. The molecule has 0 fully saturated rings. The minimum absolute atomic E-state index is 0.0175. The number of nitrogens with one attached hydrogen (secondary N) is 1. The minimum atomic E-state index is -0.446. The summed E-state index contributed by atoms with van der Waals surface area (Å²) in [4.78, 5) is 23.2. The van der Waals surface area contributed by atoms with Gasteiger partial charge in [0.15, 0.2) is 11.5 Å². The number of nitro groups is 1. The quantitative estimate of drug-likeness (QED) is 0.147. The van der Waals surface area contributed by atoms with Gasteiger partial charge in [0, 0.05) is 24.5 Å². The molecule has 1 aromatic heterocycles. The molecule has 1 heterocycles. The molecule has 3 aromatic carbocycles. The molecule has 0 aliphatic rings. The van der Waals surface area contributed by atoms with Crippen molar-refractivity contribution in [2.45, 2.75) is 13.5 Å². The van der Waals surface area contributed by atoms with Gasteiger partial charge in [-0.25, -0.2) is 5.43 Å². The first-order valence-electron chi connectivity index (χ1n) is 11.3. The fourth-order valence-corrected chi connectivity index (χ4v) is 4.12. The first kappa shape index (κ1) is 25.6. The fraction of sp³-hybridized carbons (Fsp3) is 0.111. The summed E-state index contributed by atoms with van der Waals surface area (Å²) in [6.45, 7) is 2.46. The van der Waals surface area contributed by atoms with Crippen molar-refractivity contribution in [2.75, 3.05) is 6.61 Å². The van der Waals surface area contributed by atoms with E-state index in [1.54, 1.807) is 36.4 Å². The average molecular weight is 563 g/mol. The van der Waals surface area contributed by atoms with Gasteiger partial charge in [-0.05, 0) is 82.5 Å². The van der Waals surface area contributed by atoms with Crippen molar-refractivity contribution in [2.24, 2.45) is 5.10 Å². The minimum Gasteiger partial charge on any atom is -0.490 e. The van der Waals surface area contributed by atoms with Crippen molar-refractivity contribution >= 4 is 33.7 Å². The smallest absolute Gasteiger partial charge is 0.273 e. The van der Waals surface area contributed by atoms with Crippen molar-refractivity contribution in [3.63, 3.8) is 0 Å². The van der Waals surface area contributed by atoms with Gasteiger partial charge in [0.25, 0.3) is 11.6 Å². The first-order valence-corrected chi connectivity index (χ1v) is 12.1. The molecular weight excluding hydrogens is 540 g/mol. The molecule has 0 aliphatic carbocycles. The maximum atomic E-state index is 12.8. The van der Waals surface area contributed by atoms with E-state index in [0.29, 0.717) is 33.7 Å². The summed E-state index contributed by atoms with van der Waals surface area (Å²) in [7, 11) is 0. The van der Waals surface area contributed by atoms with Gasteiger partial charge in [0.2, 0.25) is 0 Å². The van der Waals surface area contributed by atoms with Gasteiger partial charge in [0.1, 0.15) is 6.61 Å². The molecule has 10 heteroatoms. The Balaban J connectivity index is 1.47. The zero-order valence-electron chi connectivity index (χ0n) is 19.8. The van der Waals surface area contributed by atoms with E-state index in [9.17, 15) is 14.9 Å². The van der Waals surface area contributed by atoms with Crippen LogP contribution in [0.2, 0.25) is 0 Å². The van der Waals surface area contributed by atoms with Gasteiger partial charge in [-0.15, -0.1) is 0 Å². The van der Waals surface area contributed by atoms with E-state index in [0.717, 1.165) is 11.3 Å². The Labute approximate surface area is 221 Å². The number of halogens is 1. The van der Waals surface area contributed by atoms with Crippen LogP contribution in [0, 0.1) is 10.1 Å². The van der Waals surface area contributed by atoms with Gasteiger partial charge in [-0.3, -0.25) is 14.9 Å². The van der Waals surface area contributed by atoms with E-state index in [1.807, 2.05) is 48.1 Å². The molecule has 0 radical (unpaired) electrons. The van der Waals surface area contributed by atoms with Crippen LogP contribution in [0.4, 0.5) is 5.69 Å². The summed E-state index contributed by atoms with van der Waals surface area (Å²) >= 11 is 3.52. The summed E-state index contributed by atoms with van der Waals surface area (Å²) < 4.78 is 14.2. The molecule has 0 unspecified atom stereocenters. The molecule has 0 saturated carbocycles. The molecule has 4 rings (SSSR count). The third kappa shape index (κ3) is 6.42. The SMILES string of the molecule is CCOc1cc(/C=N\NC(=O)c2ccccc2-n2cccc2)cc(Br)c1OCc1ccc([N+](=O)[O-])cc1. The topological polar surface area (TPSA) is 108 Å². The lowest BCUT2D eigenvalue weighted by atomic mass is 10.1. The molecule has 188 valence electrons. The third-order valence-corrected chi connectivity index (χ3v) is 5.86. The molecule has 0 atom stereocenters. The summed E-state index contributed by atoms with van der Waals surface area (Å²) in [5, 5.41) is 15.0. The number of amides is 1. The number of hydrazone groups is 1. The second-order valence-corrected chi connectivity index (χ2v) is 8.64. The van der Waals surface area contributed by atoms with Crippen molar-refractivity contribution in [3.8, 4) is 17.2 Å². The van der Waals surface area contributed by atoms with Crippen LogP contribution in [0.3, 0.4) is 0 Å². The molecule has 0 aliphatic heterocycles. The second-order valence-electron chi connectivity index (χ2n) is 7.78. The number of para-hydroxylation sites is 1. The molecule has 0 bridgehead atoms. The summed E-state index contributed by atoms with van der Waals surface area (Å²) in [5.41, 5.74) is 5.28. The van der Waals surface area contributed by atoms with Crippen LogP contribution in [0.1, 0.15) is 28.4 Å². The predicted octanol–water partition coefficient (Wildman–Crippen LogP) is 5.89. The number of carbonyl (C=O) groups excluding carboxylic acids is 1. The number of carbonyl (C=O) groups is 1.